The summed E-state index contributed by atoms with van der Waals surface area (Å²) < 4.78 is 5.60. The van der Waals surface area contributed by atoms with Gasteiger partial charge in [0.05, 0.1) is 19.1 Å². The number of hydrogen-bond acceptors (Lipinski definition) is 3. The number of amides is 2. The molecule has 0 radical (unpaired) electrons. The molecule has 0 saturated heterocycles. The van der Waals surface area contributed by atoms with Crippen LogP contribution in [0.3, 0.4) is 0 Å². The molecule has 122 valence electrons. The van der Waals surface area contributed by atoms with Gasteiger partial charge in [0.2, 0.25) is 11.8 Å². The van der Waals surface area contributed by atoms with E-state index in [-0.39, 0.29) is 23.8 Å². The number of carbonyl (C=O) groups is 2. The highest BCUT2D eigenvalue weighted by molar-refractivity contribution is 5.79. The van der Waals surface area contributed by atoms with Crippen LogP contribution in [0.4, 0.5) is 0 Å². The summed E-state index contributed by atoms with van der Waals surface area (Å²) in [4.78, 5) is 23.7. The molecule has 0 aliphatic heterocycles. The zero-order valence-corrected chi connectivity index (χ0v) is 14.0. The molecule has 1 aromatic carbocycles. The Bertz CT molecular complexity index is 521. The molecule has 0 bridgehead atoms. The first-order valence-electron chi connectivity index (χ1n) is 7.52. The number of benzene rings is 1. The number of ether oxygens (including phenoxy) is 1. The number of carbonyl (C=O) groups excluding carboxylic acids is 2. The Morgan fingerprint density at radius 2 is 1.86 bits per heavy atom. The second kappa shape index (κ2) is 7.82. The molecule has 5 heteroatoms. The van der Waals surface area contributed by atoms with E-state index in [1.807, 2.05) is 52.0 Å². The molecule has 0 heterocycles. The van der Waals surface area contributed by atoms with Crippen molar-refractivity contribution in [2.24, 2.45) is 0 Å². The van der Waals surface area contributed by atoms with Crippen LogP contribution in [0.5, 0.6) is 5.75 Å². The van der Waals surface area contributed by atoms with Gasteiger partial charge < -0.3 is 15.4 Å². The van der Waals surface area contributed by atoms with Gasteiger partial charge in [-0.25, -0.2) is 0 Å². The fraction of sp³-hybridized carbons (Fsp3) is 0.529. The molecule has 0 aromatic heterocycles. The first-order chi connectivity index (χ1) is 10.2. The fourth-order valence-electron chi connectivity index (χ4n) is 2.19. The van der Waals surface area contributed by atoms with E-state index in [0.29, 0.717) is 12.4 Å². The predicted octanol–water partition coefficient (Wildman–Crippen LogP) is 2.57. The summed E-state index contributed by atoms with van der Waals surface area (Å²) in [5.74, 6) is 0.393. The van der Waals surface area contributed by atoms with Crippen LogP contribution in [0.15, 0.2) is 24.3 Å². The van der Waals surface area contributed by atoms with Gasteiger partial charge in [-0.15, -0.1) is 0 Å². The second-order valence-corrected chi connectivity index (χ2v) is 6.23. The van der Waals surface area contributed by atoms with Gasteiger partial charge in [-0.3, -0.25) is 9.59 Å². The smallest absolute Gasteiger partial charge is 0.222 e. The minimum absolute atomic E-state index is 0.113. The first kappa shape index (κ1) is 18.0. The molecule has 1 unspecified atom stereocenters. The van der Waals surface area contributed by atoms with Gasteiger partial charge in [0.1, 0.15) is 5.75 Å². The average molecular weight is 306 g/mol. The zero-order valence-electron chi connectivity index (χ0n) is 14.0. The van der Waals surface area contributed by atoms with Crippen molar-refractivity contribution in [1.29, 1.82) is 0 Å². The summed E-state index contributed by atoms with van der Waals surface area (Å²) in [7, 11) is 0. The second-order valence-electron chi connectivity index (χ2n) is 6.23. The lowest BCUT2D eigenvalue weighted by atomic mass is 10.0. The quantitative estimate of drug-likeness (QED) is 0.849. The van der Waals surface area contributed by atoms with Gasteiger partial charge in [-0.05, 0) is 33.8 Å². The minimum Gasteiger partial charge on any atom is -0.494 e. The predicted molar refractivity (Wildman–Crippen MR) is 86.7 cm³/mol. The third-order valence-corrected chi connectivity index (χ3v) is 2.88. The molecule has 1 aromatic rings. The third-order valence-electron chi connectivity index (χ3n) is 2.88. The topological polar surface area (TPSA) is 67.4 Å². The fourth-order valence-corrected chi connectivity index (χ4v) is 2.19. The monoisotopic (exact) mass is 306 g/mol. The van der Waals surface area contributed by atoms with Crippen LogP contribution in [0.2, 0.25) is 0 Å². The molecule has 2 amide bonds. The average Bonchev–Trinajstić information content (AvgIpc) is 2.36. The number of hydrogen-bond donors (Lipinski definition) is 2. The molecule has 1 atom stereocenters. The lowest BCUT2D eigenvalue weighted by Crippen LogP contribution is -2.42. The SMILES string of the molecule is CCOc1ccccc1C(CC(=O)NC(C)(C)C)NC(C)=O. The maximum Gasteiger partial charge on any atom is 0.222 e. The largest absolute Gasteiger partial charge is 0.494 e. The Morgan fingerprint density at radius 3 is 2.41 bits per heavy atom. The molecule has 1 rings (SSSR count). The molecular formula is C17H26N2O3. The van der Waals surface area contributed by atoms with Crippen LogP contribution in [0.25, 0.3) is 0 Å². The molecule has 0 aliphatic rings. The van der Waals surface area contributed by atoms with E-state index in [1.54, 1.807) is 0 Å². The molecule has 0 spiro atoms. The van der Waals surface area contributed by atoms with Gasteiger partial charge in [0.25, 0.3) is 0 Å². The Hall–Kier alpha value is -2.04. The van der Waals surface area contributed by atoms with Crippen LogP contribution >= 0.6 is 0 Å². The van der Waals surface area contributed by atoms with Crippen LogP contribution in [-0.2, 0) is 9.59 Å². The van der Waals surface area contributed by atoms with Crippen LogP contribution in [0.1, 0.15) is 52.6 Å². The minimum atomic E-state index is -0.414. The van der Waals surface area contributed by atoms with Crippen molar-refractivity contribution in [3.8, 4) is 5.75 Å². The van der Waals surface area contributed by atoms with Crippen LogP contribution in [0, 0.1) is 0 Å². The Kier molecular flexibility index (Phi) is 6.40. The van der Waals surface area contributed by atoms with Gasteiger partial charge in [-0.1, -0.05) is 18.2 Å². The van der Waals surface area contributed by atoms with Crippen LogP contribution in [-0.4, -0.2) is 24.0 Å². The molecule has 22 heavy (non-hydrogen) atoms. The molecule has 2 N–H and O–H groups in total. The lowest BCUT2D eigenvalue weighted by molar-refractivity contribution is -0.123. The lowest BCUT2D eigenvalue weighted by Gasteiger charge is -2.24. The van der Waals surface area contributed by atoms with Crippen molar-refractivity contribution in [2.45, 2.75) is 52.6 Å². The third kappa shape index (κ3) is 6.16. The Balaban J connectivity index is 2.98. The first-order valence-corrected chi connectivity index (χ1v) is 7.52. The summed E-state index contributed by atoms with van der Waals surface area (Å²) in [6, 6.07) is 7.04. The van der Waals surface area contributed by atoms with Gasteiger partial charge in [-0.2, -0.15) is 0 Å². The van der Waals surface area contributed by atoms with Crippen molar-refractivity contribution in [3.05, 3.63) is 29.8 Å². The summed E-state index contributed by atoms with van der Waals surface area (Å²) in [5, 5.41) is 5.74. The summed E-state index contributed by atoms with van der Waals surface area (Å²) in [6.07, 6.45) is 0.168. The van der Waals surface area contributed by atoms with Crippen molar-refractivity contribution in [2.75, 3.05) is 6.61 Å². The van der Waals surface area contributed by atoms with E-state index < -0.39 is 6.04 Å². The summed E-state index contributed by atoms with van der Waals surface area (Å²) in [5.41, 5.74) is 0.501. The highest BCUT2D eigenvalue weighted by Gasteiger charge is 2.22. The van der Waals surface area contributed by atoms with Crippen molar-refractivity contribution < 1.29 is 14.3 Å². The standard InChI is InChI=1S/C17H26N2O3/c1-6-22-15-10-8-7-9-13(15)14(18-12(2)20)11-16(21)19-17(3,4)5/h7-10,14H,6,11H2,1-5H3,(H,18,20)(H,19,21). The maximum absolute atomic E-state index is 12.2. The highest BCUT2D eigenvalue weighted by atomic mass is 16.5. The molecule has 5 nitrogen and oxygen atoms in total. The van der Waals surface area contributed by atoms with Crippen molar-refractivity contribution >= 4 is 11.8 Å². The van der Waals surface area contributed by atoms with E-state index in [2.05, 4.69) is 10.6 Å². The maximum atomic E-state index is 12.2. The van der Waals surface area contributed by atoms with E-state index in [9.17, 15) is 9.59 Å². The van der Waals surface area contributed by atoms with Crippen LogP contribution < -0.4 is 15.4 Å². The number of para-hydroxylation sites is 1. The van der Waals surface area contributed by atoms with Crippen molar-refractivity contribution in [3.63, 3.8) is 0 Å². The summed E-state index contributed by atoms with van der Waals surface area (Å²) >= 11 is 0. The zero-order chi connectivity index (χ0) is 16.8. The van der Waals surface area contributed by atoms with E-state index >= 15 is 0 Å². The van der Waals surface area contributed by atoms with E-state index in [1.165, 1.54) is 6.92 Å². The molecule has 0 aliphatic carbocycles. The van der Waals surface area contributed by atoms with E-state index in [4.69, 9.17) is 4.74 Å². The molecule has 0 fully saturated rings. The molecular weight excluding hydrogens is 280 g/mol. The van der Waals surface area contributed by atoms with Crippen molar-refractivity contribution in [1.82, 2.24) is 10.6 Å². The number of rotatable bonds is 6. The summed E-state index contributed by atoms with van der Waals surface area (Å²) in [6.45, 7) is 9.64. The Morgan fingerprint density at radius 1 is 1.23 bits per heavy atom. The number of nitrogens with one attached hydrogen (secondary N) is 2. The molecule has 0 saturated carbocycles. The Labute approximate surface area is 132 Å². The van der Waals surface area contributed by atoms with Gasteiger partial charge >= 0.3 is 0 Å². The van der Waals surface area contributed by atoms with Gasteiger partial charge in [0, 0.05) is 18.0 Å². The van der Waals surface area contributed by atoms with Gasteiger partial charge in [0.15, 0.2) is 0 Å². The normalized spacial score (nSPS) is 12.4. The van der Waals surface area contributed by atoms with E-state index in [0.717, 1.165) is 5.56 Å². The highest BCUT2D eigenvalue weighted by Crippen LogP contribution is 2.27.